The highest BCUT2D eigenvalue weighted by Crippen LogP contribution is 2.37. The van der Waals surface area contributed by atoms with Crippen LogP contribution >= 0.6 is 22.6 Å². The number of aliphatic hydroxyl groups excluding tert-OH is 3. The molecule has 46 heavy (non-hydrogen) atoms. The van der Waals surface area contributed by atoms with Crippen LogP contribution in [0.5, 0.6) is 11.5 Å². The number of nitrogens with one attached hydrogen (secondary N) is 1. The zero-order chi connectivity index (χ0) is 33.4. The quantitative estimate of drug-likeness (QED) is 0.109. The first kappa shape index (κ1) is 35.4. The number of carbonyl (C=O) groups is 2. The van der Waals surface area contributed by atoms with Gasteiger partial charge in [-0.3, -0.25) is 9.59 Å². The molecule has 3 atom stereocenters. The van der Waals surface area contributed by atoms with E-state index in [1.165, 1.54) is 24.2 Å². The van der Waals surface area contributed by atoms with Gasteiger partial charge in [0.15, 0.2) is 11.5 Å². The maximum absolute atomic E-state index is 14.2. The Kier molecular flexibility index (Phi) is 12.6. The number of rotatable bonds is 14. The lowest BCUT2D eigenvalue weighted by Crippen LogP contribution is -2.56. The maximum atomic E-state index is 14.2. The van der Waals surface area contributed by atoms with Crippen LogP contribution in [0, 0.1) is 3.57 Å². The molecule has 0 radical (unpaired) electrons. The van der Waals surface area contributed by atoms with E-state index >= 15 is 0 Å². The van der Waals surface area contributed by atoms with E-state index in [0.717, 1.165) is 0 Å². The molecule has 3 aromatic rings. The maximum Gasteiger partial charge on any atom is 0.349 e. The van der Waals surface area contributed by atoms with Crippen LogP contribution in [0.15, 0.2) is 63.3 Å². The Hall–Kier alpha value is -3.50. The molecule has 1 aliphatic carbocycles. The molecule has 4 N–H and O–H groups in total. The van der Waals surface area contributed by atoms with Crippen molar-refractivity contribution >= 4 is 45.4 Å². The Labute approximate surface area is 280 Å². The van der Waals surface area contributed by atoms with Crippen molar-refractivity contribution in [1.82, 2.24) is 10.2 Å². The molecule has 12 nitrogen and oxygen atoms in total. The van der Waals surface area contributed by atoms with Gasteiger partial charge in [-0.15, -0.1) is 0 Å². The molecule has 0 saturated heterocycles. The number of aliphatic hydroxyl groups is 3. The Balaban J connectivity index is 1.76. The topological polar surface area (TPSA) is 168 Å². The molecular weight excluding hydrogens is 711 g/mol. The summed E-state index contributed by atoms with van der Waals surface area (Å²) in [6, 6.07) is 10.6. The van der Waals surface area contributed by atoms with Gasteiger partial charge in [-0.05, 0) is 78.8 Å². The van der Waals surface area contributed by atoms with E-state index < -0.39 is 35.7 Å². The van der Waals surface area contributed by atoms with Crippen molar-refractivity contribution in [3.8, 4) is 11.5 Å². The fraction of sp³-hybridized carbons (Fsp3) is 0.424. The van der Waals surface area contributed by atoms with E-state index in [9.17, 15) is 29.7 Å². The van der Waals surface area contributed by atoms with E-state index in [0.29, 0.717) is 38.9 Å². The van der Waals surface area contributed by atoms with Gasteiger partial charge in [-0.2, -0.15) is 0 Å². The number of para-hydroxylation sites is 1. The summed E-state index contributed by atoms with van der Waals surface area (Å²) < 4.78 is 23.5. The van der Waals surface area contributed by atoms with Crippen LogP contribution in [0.2, 0.25) is 0 Å². The molecular formula is C33H39IN2O10. The highest BCUT2D eigenvalue weighted by atomic mass is 127. The van der Waals surface area contributed by atoms with E-state index in [4.69, 9.17) is 18.6 Å². The zero-order valence-corrected chi connectivity index (χ0v) is 28.1. The largest absolute Gasteiger partial charge is 0.493 e. The minimum absolute atomic E-state index is 0.00339. The van der Waals surface area contributed by atoms with E-state index in [2.05, 4.69) is 5.32 Å². The first-order valence-electron chi connectivity index (χ1n) is 14.9. The summed E-state index contributed by atoms with van der Waals surface area (Å²) in [7, 11) is 1.44. The van der Waals surface area contributed by atoms with Crippen molar-refractivity contribution in [3.63, 3.8) is 0 Å². The number of hydrogen-bond acceptors (Lipinski definition) is 10. The van der Waals surface area contributed by atoms with Gasteiger partial charge in [0.2, 0.25) is 5.91 Å². The molecule has 13 heteroatoms. The number of halogens is 1. The molecule has 248 valence electrons. The molecule has 3 unspecified atom stereocenters. The lowest BCUT2D eigenvalue weighted by Gasteiger charge is -2.40. The van der Waals surface area contributed by atoms with Crippen molar-refractivity contribution in [2.45, 2.75) is 57.6 Å². The van der Waals surface area contributed by atoms with Gasteiger partial charge in [-0.25, -0.2) is 4.79 Å². The number of methoxy groups -OCH3 is 1. The van der Waals surface area contributed by atoms with Crippen LogP contribution in [0.25, 0.3) is 11.0 Å². The van der Waals surface area contributed by atoms with Crippen LogP contribution in [-0.2, 0) is 16.1 Å². The second-order valence-electron chi connectivity index (χ2n) is 11.0. The normalized spacial score (nSPS) is 17.9. The summed E-state index contributed by atoms with van der Waals surface area (Å²) in [6.45, 7) is 3.66. The molecule has 1 heterocycles. The minimum Gasteiger partial charge on any atom is -0.493 e. The molecule has 4 rings (SSSR count). The monoisotopic (exact) mass is 750 g/mol. The Morgan fingerprint density at radius 3 is 2.63 bits per heavy atom. The van der Waals surface area contributed by atoms with E-state index in [1.807, 2.05) is 36.4 Å². The second-order valence-corrected chi connectivity index (χ2v) is 12.2. The summed E-state index contributed by atoms with van der Waals surface area (Å²) in [5.41, 5.74) is 0.0877. The molecule has 0 bridgehead atoms. The average molecular weight is 751 g/mol. The third-order valence-corrected chi connectivity index (χ3v) is 8.27. The lowest BCUT2D eigenvalue weighted by atomic mass is 9.87. The Morgan fingerprint density at radius 1 is 1.17 bits per heavy atom. The van der Waals surface area contributed by atoms with E-state index in [-0.39, 0.29) is 55.7 Å². The standard InChI is InChI=1S/C33H39IN2O10/c1-19(2)44-12-6-10-36(32(41)23-15-21-7-4-5-8-26(21)46-33(23)42)25-16-22(31(40)35-9-11-37)17-27(29(25)39)45-30-24(34)13-20(18-38)14-28(30)43-3/h4-5,7-8,13-15,17,19,25,27,29,37-39H,6,9-12,16,18H2,1-3H3,(H,35,40). The average Bonchev–Trinajstić information content (AvgIpc) is 3.04. The second kappa shape index (κ2) is 16.4. The minimum atomic E-state index is -1.35. The summed E-state index contributed by atoms with van der Waals surface area (Å²) >= 11 is 2.02. The fourth-order valence-electron chi connectivity index (χ4n) is 5.23. The first-order valence-corrected chi connectivity index (χ1v) is 16.0. The van der Waals surface area contributed by atoms with Crippen LogP contribution in [0.1, 0.15) is 42.6 Å². The van der Waals surface area contributed by atoms with Crippen molar-refractivity contribution < 1.29 is 43.5 Å². The predicted octanol–water partition coefficient (Wildman–Crippen LogP) is 2.77. The lowest BCUT2D eigenvalue weighted by molar-refractivity contribution is -0.118. The van der Waals surface area contributed by atoms with Gasteiger partial charge in [-0.1, -0.05) is 18.2 Å². The SMILES string of the molecule is COc1cc(CO)cc(I)c1OC1C=C(C(=O)NCCO)CC(N(CCCOC(C)C)C(=O)c2cc3ccccc3oc2=O)C1O. The van der Waals surface area contributed by atoms with Crippen LogP contribution in [-0.4, -0.2) is 89.8 Å². The number of benzene rings is 2. The molecule has 0 aliphatic heterocycles. The van der Waals surface area contributed by atoms with Gasteiger partial charge in [0.05, 0.1) is 36.0 Å². The molecule has 1 aliphatic rings. The highest BCUT2D eigenvalue weighted by Gasteiger charge is 2.41. The zero-order valence-electron chi connectivity index (χ0n) is 25.9. The fourth-order valence-corrected chi connectivity index (χ4v) is 6.03. The number of carbonyl (C=O) groups excluding carboxylic acids is 2. The van der Waals surface area contributed by atoms with Crippen molar-refractivity contribution in [3.05, 3.63) is 79.2 Å². The molecule has 0 saturated carbocycles. The highest BCUT2D eigenvalue weighted by molar-refractivity contribution is 14.1. The summed E-state index contributed by atoms with van der Waals surface area (Å²) in [4.78, 5) is 41.8. The molecule has 0 spiro atoms. The van der Waals surface area contributed by atoms with Crippen LogP contribution in [0.4, 0.5) is 0 Å². The summed E-state index contributed by atoms with van der Waals surface area (Å²) in [5.74, 6) is -0.604. The number of ether oxygens (including phenoxy) is 3. The number of amides is 2. The number of fused-ring (bicyclic) bond motifs is 1. The Morgan fingerprint density at radius 2 is 1.93 bits per heavy atom. The van der Waals surface area contributed by atoms with Crippen LogP contribution in [0.3, 0.4) is 0 Å². The summed E-state index contributed by atoms with van der Waals surface area (Å²) in [6.07, 6.45) is -0.735. The number of nitrogens with zero attached hydrogens (tertiary/aromatic N) is 1. The molecule has 0 fully saturated rings. The number of hydrogen-bond donors (Lipinski definition) is 4. The van der Waals surface area contributed by atoms with Gasteiger partial charge in [0.1, 0.15) is 23.4 Å². The van der Waals surface area contributed by atoms with Crippen LogP contribution < -0.4 is 20.4 Å². The summed E-state index contributed by atoms with van der Waals surface area (Å²) in [5, 5.41) is 34.0. The molecule has 1 aromatic heterocycles. The van der Waals surface area contributed by atoms with E-state index in [1.54, 1.807) is 36.4 Å². The third kappa shape index (κ3) is 8.45. The predicted molar refractivity (Wildman–Crippen MR) is 178 cm³/mol. The smallest absolute Gasteiger partial charge is 0.349 e. The van der Waals surface area contributed by atoms with Crippen molar-refractivity contribution in [2.75, 3.05) is 33.4 Å². The van der Waals surface area contributed by atoms with Crippen molar-refractivity contribution in [2.24, 2.45) is 0 Å². The third-order valence-electron chi connectivity index (χ3n) is 7.47. The van der Waals surface area contributed by atoms with Gasteiger partial charge >= 0.3 is 5.63 Å². The van der Waals surface area contributed by atoms with Crippen molar-refractivity contribution in [1.29, 1.82) is 0 Å². The van der Waals surface area contributed by atoms with Gasteiger partial charge < -0.3 is 44.2 Å². The van der Waals surface area contributed by atoms with Gasteiger partial charge in [0, 0.05) is 37.1 Å². The molecule has 2 amide bonds. The van der Waals surface area contributed by atoms with Gasteiger partial charge in [0.25, 0.3) is 5.91 Å². The molecule has 2 aromatic carbocycles. The Bertz CT molecular complexity index is 1620. The first-order chi connectivity index (χ1) is 22.1.